The molecule has 3 heteroatoms. The Bertz CT molecular complexity index is 118. The molecular weight excluding hydrogens is 162 g/mol. The number of fused-ring (bicyclic) bond motifs is 3. The van der Waals surface area contributed by atoms with Gasteiger partial charge < -0.3 is 22.0 Å². The maximum Gasteiger partial charge on any atom is 0.0812 e. The minimum absolute atomic E-state index is 0. The van der Waals surface area contributed by atoms with E-state index in [4.69, 9.17) is 0 Å². The van der Waals surface area contributed by atoms with Gasteiger partial charge in [0.1, 0.15) is 0 Å². The van der Waals surface area contributed by atoms with Crippen LogP contribution in [0.3, 0.4) is 0 Å². The average Bonchev–Trinajstić information content (AvgIpc) is 1.93. The van der Waals surface area contributed by atoms with Crippen LogP contribution in [0.15, 0.2) is 0 Å². The molecule has 2 nitrogen and oxygen atoms in total. The van der Waals surface area contributed by atoms with Gasteiger partial charge in [-0.2, -0.15) is 0 Å². The number of hydrogen-bond donors (Lipinski definition) is 1. The van der Waals surface area contributed by atoms with Crippen molar-refractivity contribution in [2.24, 2.45) is 0 Å². The van der Waals surface area contributed by atoms with Crippen molar-refractivity contribution >= 4 is 0 Å². The van der Waals surface area contributed by atoms with Crippen LogP contribution in [0, 0.1) is 0 Å². The lowest BCUT2D eigenvalue weighted by Crippen LogP contribution is -3.00. The molecule has 0 saturated carbocycles. The van der Waals surface area contributed by atoms with E-state index < -0.39 is 0 Å². The number of piperidine rings is 3. The van der Waals surface area contributed by atoms with Crippen LogP contribution in [0.5, 0.6) is 0 Å². The number of rotatable bonds is 0. The van der Waals surface area contributed by atoms with Crippen LogP contribution >= 0.6 is 0 Å². The van der Waals surface area contributed by atoms with Crippen LogP contribution in [0.4, 0.5) is 0 Å². The van der Waals surface area contributed by atoms with Crippen LogP contribution < -0.4 is 12.4 Å². The number of quaternary nitrogens is 1. The van der Waals surface area contributed by atoms with Crippen LogP contribution in [0.25, 0.3) is 0 Å². The number of aliphatic hydroxyl groups is 1. The zero-order valence-corrected chi connectivity index (χ0v) is 7.77. The van der Waals surface area contributed by atoms with E-state index in [2.05, 4.69) is 7.05 Å². The number of nitrogens with zero attached hydrogens (tertiary/aromatic N) is 1. The molecule has 0 radical (unpaired) electrons. The summed E-state index contributed by atoms with van der Waals surface area (Å²) < 4.78 is 1.21. The quantitative estimate of drug-likeness (QED) is 0.402. The molecular formula is C8H16ClNO. The molecule has 11 heavy (non-hydrogen) atoms. The summed E-state index contributed by atoms with van der Waals surface area (Å²) >= 11 is 0. The maximum absolute atomic E-state index is 9.82. The summed E-state index contributed by atoms with van der Waals surface area (Å²) in [5, 5.41) is 9.82. The summed E-state index contributed by atoms with van der Waals surface area (Å²) in [5.74, 6) is 0. The molecule has 3 aliphatic heterocycles. The molecule has 66 valence electrons. The Kier molecular flexibility index (Phi) is 2.21. The maximum atomic E-state index is 9.82. The Morgan fingerprint density at radius 2 is 1.45 bits per heavy atom. The minimum Gasteiger partial charge on any atom is -1.00 e. The van der Waals surface area contributed by atoms with Crippen molar-refractivity contribution in [1.82, 2.24) is 0 Å². The van der Waals surface area contributed by atoms with Crippen molar-refractivity contribution in [3.8, 4) is 0 Å². The standard InChI is InChI=1S/C8H16NO.ClH/c1-9-5-2-8(10,3-6-9)4-7-9;/h10H,2-7H2,1H3;1H/q+1;/p-1. The van der Waals surface area contributed by atoms with Gasteiger partial charge in [0, 0.05) is 19.3 Å². The molecule has 0 amide bonds. The van der Waals surface area contributed by atoms with Gasteiger partial charge in [-0.3, -0.25) is 0 Å². The fourth-order valence-corrected chi connectivity index (χ4v) is 2.14. The molecule has 0 aromatic heterocycles. The highest BCUT2D eigenvalue weighted by Crippen LogP contribution is 2.35. The lowest BCUT2D eigenvalue weighted by Gasteiger charge is -2.50. The lowest BCUT2D eigenvalue weighted by atomic mass is 9.82. The molecule has 3 rings (SSSR count). The van der Waals surface area contributed by atoms with E-state index in [9.17, 15) is 5.11 Å². The first kappa shape index (κ1) is 9.30. The Hall–Kier alpha value is 0.210. The predicted molar refractivity (Wildman–Crippen MR) is 39.6 cm³/mol. The molecule has 3 fully saturated rings. The molecule has 3 heterocycles. The first-order chi connectivity index (χ1) is 4.62. The number of hydrogen-bond acceptors (Lipinski definition) is 1. The molecule has 0 unspecified atom stereocenters. The fraction of sp³-hybridized carbons (Fsp3) is 1.00. The summed E-state index contributed by atoms with van der Waals surface area (Å²) in [6, 6.07) is 0. The van der Waals surface area contributed by atoms with E-state index in [0.717, 1.165) is 19.3 Å². The smallest absolute Gasteiger partial charge is 0.0812 e. The third-order valence-corrected chi connectivity index (χ3v) is 3.35. The van der Waals surface area contributed by atoms with Crippen LogP contribution in [0.2, 0.25) is 0 Å². The van der Waals surface area contributed by atoms with Gasteiger partial charge in [0.15, 0.2) is 0 Å². The summed E-state index contributed by atoms with van der Waals surface area (Å²) in [6.45, 7) is 3.57. The highest BCUT2D eigenvalue weighted by Gasteiger charge is 2.45. The summed E-state index contributed by atoms with van der Waals surface area (Å²) in [7, 11) is 2.30. The van der Waals surface area contributed by atoms with Gasteiger partial charge in [-0.1, -0.05) is 0 Å². The highest BCUT2D eigenvalue weighted by molar-refractivity contribution is 4.85. The normalized spacial score (nSPS) is 48.5. The zero-order valence-electron chi connectivity index (χ0n) is 7.02. The first-order valence-corrected chi connectivity index (χ1v) is 4.18. The monoisotopic (exact) mass is 177 g/mol. The van der Waals surface area contributed by atoms with Gasteiger partial charge in [-0.05, 0) is 0 Å². The summed E-state index contributed by atoms with van der Waals surface area (Å²) in [4.78, 5) is 0. The Labute approximate surface area is 74.2 Å². The third kappa shape index (κ3) is 1.53. The summed E-state index contributed by atoms with van der Waals surface area (Å²) in [6.07, 6.45) is 3.09. The Morgan fingerprint density at radius 3 is 1.73 bits per heavy atom. The van der Waals surface area contributed by atoms with Crippen molar-refractivity contribution in [1.29, 1.82) is 0 Å². The number of halogens is 1. The van der Waals surface area contributed by atoms with Gasteiger partial charge in [0.25, 0.3) is 0 Å². The third-order valence-electron chi connectivity index (χ3n) is 3.35. The summed E-state index contributed by atoms with van der Waals surface area (Å²) in [5.41, 5.74) is -0.254. The SMILES string of the molecule is C[N+]12CCC(O)(CC1)CC2.[Cl-]. The van der Waals surface area contributed by atoms with Gasteiger partial charge in [0.05, 0.1) is 32.3 Å². The van der Waals surface area contributed by atoms with E-state index in [-0.39, 0.29) is 18.0 Å². The van der Waals surface area contributed by atoms with Crippen molar-refractivity contribution < 1.29 is 22.0 Å². The van der Waals surface area contributed by atoms with Gasteiger partial charge in [-0.15, -0.1) is 0 Å². The molecule has 0 aromatic carbocycles. The Balaban J connectivity index is 0.000000605. The van der Waals surface area contributed by atoms with E-state index in [1.807, 2.05) is 0 Å². The van der Waals surface area contributed by atoms with Gasteiger partial charge >= 0.3 is 0 Å². The van der Waals surface area contributed by atoms with E-state index in [1.165, 1.54) is 24.1 Å². The molecule has 0 spiro atoms. The molecule has 3 saturated heterocycles. The van der Waals surface area contributed by atoms with Crippen LogP contribution in [-0.4, -0.2) is 41.9 Å². The fourth-order valence-electron chi connectivity index (χ4n) is 2.14. The first-order valence-electron chi connectivity index (χ1n) is 4.18. The largest absolute Gasteiger partial charge is 1.00 e. The van der Waals surface area contributed by atoms with Gasteiger partial charge in [-0.25, -0.2) is 0 Å². The van der Waals surface area contributed by atoms with Crippen molar-refractivity contribution in [2.75, 3.05) is 26.7 Å². The second kappa shape index (κ2) is 2.61. The second-order valence-corrected chi connectivity index (χ2v) is 4.26. The Morgan fingerprint density at radius 1 is 1.09 bits per heavy atom. The predicted octanol–water partition coefficient (Wildman–Crippen LogP) is -2.63. The van der Waals surface area contributed by atoms with E-state index in [0.29, 0.717) is 0 Å². The van der Waals surface area contributed by atoms with Gasteiger partial charge in [0.2, 0.25) is 0 Å². The molecule has 0 aliphatic carbocycles. The molecule has 3 aliphatic rings. The molecule has 0 aromatic rings. The second-order valence-electron chi connectivity index (χ2n) is 4.26. The lowest BCUT2D eigenvalue weighted by molar-refractivity contribution is -0.927. The topological polar surface area (TPSA) is 20.2 Å². The van der Waals surface area contributed by atoms with Crippen molar-refractivity contribution in [3.05, 3.63) is 0 Å². The minimum atomic E-state index is -0.254. The van der Waals surface area contributed by atoms with E-state index >= 15 is 0 Å². The average molecular weight is 178 g/mol. The highest BCUT2D eigenvalue weighted by atomic mass is 35.5. The van der Waals surface area contributed by atoms with Crippen molar-refractivity contribution in [2.45, 2.75) is 24.9 Å². The molecule has 0 atom stereocenters. The molecule has 2 bridgehead atoms. The van der Waals surface area contributed by atoms with Crippen molar-refractivity contribution in [3.63, 3.8) is 0 Å². The molecule has 1 N–H and O–H groups in total. The van der Waals surface area contributed by atoms with Crippen LogP contribution in [0.1, 0.15) is 19.3 Å². The van der Waals surface area contributed by atoms with E-state index in [1.54, 1.807) is 0 Å². The zero-order chi connectivity index (χ0) is 7.24. The van der Waals surface area contributed by atoms with Crippen LogP contribution in [-0.2, 0) is 0 Å².